The normalized spacial score (nSPS) is 17.8. The molecule has 0 unspecified atom stereocenters. The number of ether oxygens (including phenoxy) is 1. The van der Waals surface area contributed by atoms with Crippen LogP contribution in [0.1, 0.15) is 43.6 Å². The van der Waals surface area contributed by atoms with Crippen LogP contribution in [0, 0.1) is 11.3 Å². The van der Waals surface area contributed by atoms with E-state index in [2.05, 4.69) is 10.4 Å². The lowest BCUT2D eigenvalue weighted by Gasteiger charge is -2.37. The van der Waals surface area contributed by atoms with Crippen molar-refractivity contribution in [2.75, 3.05) is 56.8 Å². The molecule has 2 atom stereocenters. The highest BCUT2D eigenvalue weighted by atomic mass is 32.2. The zero-order valence-corrected chi connectivity index (χ0v) is 27.7. The van der Waals surface area contributed by atoms with Crippen molar-refractivity contribution in [3.8, 4) is 11.8 Å². The van der Waals surface area contributed by atoms with Crippen molar-refractivity contribution in [1.29, 1.82) is 5.26 Å². The fraction of sp³-hybridized carbons (Fsp3) is 0.294. The van der Waals surface area contributed by atoms with E-state index in [1.165, 1.54) is 93.9 Å². The second-order valence-electron chi connectivity index (χ2n) is 12.1. The molecule has 2 aliphatic heterocycles. The average molecular weight is 690 g/mol. The zero-order valence-electron chi connectivity index (χ0n) is 26.9. The number of nitriles is 1. The van der Waals surface area contributed by atoms with E-state index >= 15 is 8.78 Å². The van der Waals surface area contributed by atoms with E-state index in [9.17, 15) is 23.3 Å². The van der Waals surface area contributed by atoms with Gasteiger partial charge in [-0.2, -0.15) is 23.4 Å². The summed E-state index contributed by atoms with van der Waals surface area (Å²) in [5, 5.41) is 16.6. The minimum absolute atomic E-state index is 0.000443. The maximum absolute atomic E-state index is 15.4. The lowest BCUT2D eigenvalue weighted by atomic mass is 9.99. The van der Waals surface area contributed by atoms with Crippen LogP contribution in [0.5, 0.6) is 5.75 Å². The maximum atomic E-state index is 15.4. The van der Waals surface area contributed by atoms with Crippen LogP contribution in [-0.4, -0.2) is 91.9 Å². The monoisotopic (exact) mass is 689 g/mol. The first-order valence-electron chi connectivity index (χ1n) is 15.3. The number of anilines is 2. The average Bonchev–Trinajstić information content (AvgIpc) is 3.73. The Bertz CT molecular complexity index is 2050. The van der Waals surface area contributed by atoms with Crippen molar-refractivity contribution in [3.63, 3.8) is 0 Å². The minimum atomic E-state index is -3.75. The Labute approximate surface area is 282 Å². The van der Waals surface area contributed by atoms with E-state index in [1.54, 1.807) is 25.1 Å². The Morgan fingerprint density at radius 2 is 1.73 bits per heavy atom. The molecule has 0 aliphatic carbocycles. The van der Waals surface area contributed by atoms with Crippen LogP contribution >= 0.6 is 0 Å². The van der Waals surface area contributed by atoms with Gasteiger partial charge in [0.25, 0.3) is 17.7 Å². The van der Waals surface area contributed by atoms with Crippen molar-refractivity contribution in [2.24, 2.45) is 0 Å². The molecule has 254 valence electrons. The van der Waals surface area contributed by atoms with Gasteiger partial charge in [0.05, 0.1) is 42.4 Å². The van der Waals surface area contributed by atoms with Gasteiger partial charge < -0.3 is 19.9 Å². The molecule has 3 aromatic carbocycles. The highest BCUT2D eigenvalue weighted by Crippen LogP contribution is 2.41. The molecule has 12 nitrogen and oxygen atoms in total. The van der Waals surface area contributed by atoms with Gasteiger partial charge in [-0.05, 0) is 44.4 Å². The third-order valence-electron chi connectivity index (χ3n) is 8.75. The summed E-state index contributed by atoms with van der Waals surface area (Å²) in [4.78, 5) is 30.8. The van der Waals surface area contributed by atoms with Crippen LogP contribution in [0.25, 0.3) is 0 Å². The topological polar surface area (TPSA) is 141 Å². The molecule has 3 heterocycles. The highest BCUT2D eigenvalue weighted by Gasteiger charge is 2.50. The van der Waals surface area contributed by atoms with Crippen molar-refractivity contribution in [2.45, 2.75) is 18.0 Å². The van der Waals surface area contributed by atoms with Crippen LogP contribution < -0.4 is 15.0 Å². The number of carbonyl (C=O) groups excluding carboxylic acids is 2. The first-order chi connectivity index (χ1) is 23.3. The number of amides is 2. The van der Waals surface area contributed by atoms with Gasteiger partial charge in [0.1, 0.15) is 11.8 Å². The predicted octanol–water partition coefficient (Wildman–Crippen LogP) is 3.93. The third kappa shape index (κ3) is 6.26. The zero-order chi connectivity index (χ0) is 35.1. The summed E-state index contributed by atoms with van der Waals surface area (Å²) in [7, 11) is 1.19. The van der Waals surface area contributed by atoms with Crippen LogP contribution in [0.2, 0.25) is 0 Å². The number of benzene rings is 3. The summed E-state index contributed by atoms with van der Waals surface area (Å²) in [6.45, 7) is 0.244. The third-order valence-corrected chi connectivity index (χ3v) is 10.5. The number of nitrogens with one attached hydrogen (secondary N) is 1. The Hall–Kier alpha value is -5.17. The molecule has 1 fully saturated rings. The second kappa shape index (κ2) is 13.0. The van der Waals surface area contributed by atoms with Crippen LogP contribution in [0.3, 0.4) is 0 Å². The van der Waals surface area contributed by atoms with Crippen molar-refractivity contribution >= 4 is 33.2 Å². The van der Waals surface area contributed by atoms with Crippen molar-refractivity contribution < 1.29 is 31.5 Å². The molecule has 4 aromatic rings. The molecule has 49 heavy (non-hydrogen) atoms. The van der Waals surface area contributed by atoms with E-state index < -0.39 is 39.8 Å². The Balaban J connectivity index is 1.37. The van der Waals surface area contributed by atoms with Gasteiger partial charge in [0.2, 0.25) is 10.0 Å². The first-order valence-corrected chi connectivity index (χ1v) is 16.9. The standard InChI is InChI=1S/C34H33F2N7O5S/c1-40(2)15-16-49(46,47)41-20-28-29(21-41)43-31(27(19-38-43)39-32(44)22-9-14-30(48-3)23(17-22)18-37)33(45)42(28)26-12-10-25(11-13-26)34(35,36)24-7-5-4-6-8-24/h4-14,17,19,28-29H,15-16,20-21H2,1-3H3,(H,39,44)/t28-,29-/m0/s1. The quantitative estimate of drug-likeness (QED) is 0.264. The number of carbonyl (C=O) groups is 2. The van der Waals surface area contributed by atoms with Crippen molar-refractivity contribution in [1.82, 2.24) is 19.0 Å². The molecule has 2 aliphatic rings. The van der Waals surface area contributed by atoms with Gasteiger partial charge in [0, 0.05) is 42.0 Å². The Morgan fingerprint density at radius 1 is 1.06 bits per heavy atom. The molecule has 0 saturated carbocycles. The number of sulfonamides is 1. The summed E-state index contributed by atoms with van der Waals surface area (Å²) >= 11 is 0. The summed E-state index contributed by atoms with van der Waals surface area (Å²) in [6, 6.07) is 17.6. The Morgan fingerprint density at radius 3 is 2.39 bits per heavy atom. The van der Waals surface area contributed by atoms with Crippen LogP contribution in [0.15, 0.2) is 79.0 Å². The largest absolute Gasteiger partial charge is 0.495 e. The summed E-state index contributed by atoms with van der Waals surface area (Å²) in [6.07, 6.45) is 1.31. The lowest BCUT2D eigenvalue weighted by molar-refractivity contribution is 0.0428. The molecule has 15 heteroatoms. The molecule has 1 saturated heterocycles. The Kier molecular flexibility index (Phi) is 8.97. The van der Waals surface area contributed by atoms with E-state index in [-0.39, 0.29) is 70.5 Å². The van der Waals surface area contributed by atoms with Gasteiger partial charge >= 0.3 is 0 Å². The summed E-state index contributed by atoms with van der Waals surface area (Å²) < 4.78 is 65.5. The van der Waals surface area contributed by atoms with Crippen LogP contribution in [-0.2, 0) is 15.9 Å². The molecule has 1 aromatic heterocycles. The summed E-state index contributed by atoms with van der Waals surface area (Å²) in [5.74, 6) is -4.38. The number of fused-ring (bicyclic) bond motifs is 3. The molecule has 2 amide bonds. The number of hydrogen-bond donors (Lipinski definition) is 1. The fourth-order valence-electron chi connectivity index (χ4n) is 6.15. The molecule has 6 rings (SSSR count). The van der Waals surface area contributed by atoms with Gasteiger partial charge in [-0.15, -0.1) is 0 Å². The number of halogens is 2. The number of hydrogen-bond acceptors (Lipinski definition) is 8. The first kappa shape index (κ1) is 33.7. The van der Waals surface area contributed by atoms with Gasteiger partial charge in [-0.3, -0.25) is 14.3 Å². The highest BCUT2D eigenvalue weighted by molar-refractivity contribution is 7.89. The van der Waals surface area contributed by atoms with Crippen molar-refractivity contribution in [3.05, 3.63) is 107 Å². The molecule has 0 radical (unpaired) electrons. The van der Waals surface area contributed by atoms with E-state index in [0.29, 0.717) is 0 Å². The SMILES string of the molecule is COc1ccc(C(=O)Nc2cnn3c2C(=O)N(c2ccc(C(F)(F)c4ccccc4)cc2)[C@H]2CN(S(=O)(=O)CCN(C)C)C[C@@H]23)cc1C#N. The smallest absolute Gasteiger partial charge is 0.298 e. The lowest BCUT2D eigenvalue weighted by Crippen LogP contribution is -2.51. The van der Waals surface area contributed by atoms with E-state index in [0.717, 1.165) is 0 Å². The molecular formula is C34H33F2N7O5S. The molecule has 0 spiro atoms. The number of alkyl halides is 2. The number of rotatable bonds is 10. The van der Waals surface area contributed by atoms with Crippen LogP contribution in [0.4, 0.5) is 20.2 Å². The number of nitrogens with zero attached hydrogens (tertiary/aromatic N) is 6. The second-order valence-corrected chi connectivity index (χ2v) is 14.2. The maximum Gasteiger partial charge on any atom is 0.298 e. The summed E-state index contributed by atoms with van der Waals surface area (Å²) in [5.41, 5.74) is 0.137. The minimum Gasteiger partial charge on any atom is -0.495 e. The number of aromatic nitrogens is 2. The molecule has 1 N–H and O–H groups in total. The molecule has 0 bridgehead atoms. The van der Waals surface area contributed by atoms with Gasteiger partial charge in [0.15, 0.2) is 5.69 Å². The van der Waals surface area contributed by atoms with E-state index in [1.807, 2.05) is 6.07 Å². The fourth-order valence-corrected chi connectivity index (χ4v) is 7.77. The van der Waals surface area contributed by atoms with E-state index in [4.69, 9.17) is 4.74 Å². The van der Waals surface area contributed by atoms with Gasteiger partial charge in [-0.25, -0.2) is 8.42 Å². The van der Waals surface area contributed by atoms with Gasteiger partial charge in [-0.1, -0.05) is 42.5 Å². The molecular weight excluding hydrogens is 656 g/mol. The number of methoxy groups -OCH3 is 1. The predicted molar refractivity (Wildman–Crippen MR) is 177 cm³/mol.